The molecular weight excluding hydrogens is 447 g/mol. The second-order valence-corrected chi connectivity index (χ2v) is 7.52. The van der Waals surface area contributed by atoms with Gasteiger partial charge >= 0.3 is 5.97 Å². The molecule has 0 saturated heterocycles. The van der Waals surface area contributed by atoms with E-state index < -0.39 is 11.9 Å². The van der Waals surface area contributed by atoms with Gasteiger partial charge in [-0.1, -0.05) is 40.9 Å². The summed E-state index contributed by atoms with van der Waals surface area (Å²) >= 11 is 17.9. The molecule has 3 rings (SSSR count). The fourth-order valence-corrected chi connectivity index (χ4v) is 3.28. The molecule has 0 aliphatic heterocycles. The number of carbonyl (C=O) groups is 2. The van der Waals surface area contributed by atoms with Crippen molar-refractivity contribution in [3.05, 3.63) is 98.0 Å². The Labute approximate surface area is 188 Å². The second kappa shape index (κ2) is 9.76. The van der Waals surface area contributed by atoms with Crippen molar-refractivity contribution in [1.29, 1.82) is 0 Å². The Balaban J connectivity index is 1.60. The van der Waals surface area contributed by atoms with Crippen LogP contribution in [-0.4, -0.2) is 18.1 Å². The number of nitrogens with zero attached hydrogens (tertiary/aromatic N) is 1. The molecule has 0 atom stereocenters. The van der Waals surface area contributed by atoms with E-state index in [2.05, 4.69) is 10.5 Å². The van der Waals surface area contributed by atoms with Crippen LogP contribution in [0.15, 0.2) is 65.8 Å². The molecular formula is C22H15Cl3N2O3. The van der Waals surface area contributed by atoms with Crippen LogP contribution in [0.25, 0.3) is 0 Å². The largest absolute Gasteiger partial charge is 0.423 e. The summed E-state index contributed by atoms with van der Waals surface area (Å²) in [4.78, 5) is 24.4. The van der Waals surface area contributed by atoms with Gasteiger partial charge in [0.25, 0.3) is 5.91 Å². The highest BCUT2D eigenvalue weighted by molar-refractivity contribution is 6.36. The van der Waals surface area contributed by atoms with Crippen LogP contribution in [-0.2, 0) is 0 Å². The summed E-state index contributed by atoms with van der Waals surface area (Å²) in [6.07, 6.45) is 1.46. The van der Waals surface area contributed by atoms with Crippen LogP contribution in [0.4, 0.5) is 0 Å². The van der Waals surface area contributed by atoms with Gasteiger partial charge in [-0.05, 0) is 72.6 Å². The molecule has 1 amide bonds. The SMILES string of the molecule is Cc1ccc(C(=O)N/N=C/c2ccc(OC(=O)c3ccc(Cl)cc3Cl)cc2)c(Cl)c1. The minimum absolute atomic E-state index is 0.209. The average Bonchev–Trinajstić information content (AvgIpc) is 2.69. The Morgan fingerprint density at radius 1 is 0.900 bits per heavy atom. The third-order valence-corrected chi connectivity index (χ3v) is 4.85. The zero-order valence-electron chi connectivity index (χ0n) is 15.7. The lowest BCUT2D eigenvalue weighted by atomic mass is 10.1. The maximum absolute atomic E-state index is 12.2. The first-order valence-corrected chi connectivity index (χ1v) is 9.84. The van der Waals surface area contributed by atoms with E-state index in [0.29, 0.717) is 26.9 Å². The average molecular weight is 462 g/mol. The molecule has 8 heteroatoms. The van der Waals surface area contributed by atoms with Gasteiger partial charge in [-0.15, -0.1) is 0 Å². The van der Waals surface area contributed by atoms with Gasteiger partial charge in [0.05, 0.1) is 27.4 Å². The van der Waals surface area contributed by atoms with Gasteiger partial charge in [0.2, 0.25) is 0 Å². The molecule has 5 nitrogen and oxygen atoms in total. The molecule has 0 aromatic heterocycles. The smallest absolute Gasteiger partial charge is 0.345 e. The molecule has 0 aliphatic carbocycles. The highest BCUT2D eigenvalue weighted by Crippen LogP contribution is 2.23. The third kappa shape index (κ3) is 5.60. The quantitative estimate of drug-likeness (QED) is 0.221. The minimum Gasteiger partial charge on any atom is -0.423 e. The van der Waals surface area contributed by atoms with Crippen molar-refractivity contribution in [1.82, 2.24) is 5.43 Å². The van der Waals surface area contributed by atoms with Crippen molar-refractivity contribution in [2.24, 2.45) is 5.10 Å². The fraction of sp³-hybridized carbons (Fsp3) is 0.0455. The number of carbonyl (C=O) groups excluding carboxylic acids is 2. The molecule has 0 heterocycles. The fourth-order valence-electron chi connectivity index (χ4n) is 2.47. The number of aryl methyl sites for hydroxylation is 1. The molecule has 152 valence electrons. The first-order chi connectivity index (χ1) is 14.3. The topological polar surface area (TPSA) is 67.8 Å². The van der Waals surface area contributed by atoms with Gasteiger partial charge in [-0.25, -0.2) is 10.2 Å². The number of nitrogens with one attached hydrogen (secondary N) is 1. The van der Waals surface area contributed by atoms with Crippen LogP contribution in [0.5, 0.6) is 5.75 Å². The van der Waals surface area contributed by atoms with Crippen LogP contribution < -0.4 is 10.2 Å². The van der Waals surface area contributed by atoms with Crippen LogP contribution in [0.3, 0.4) is 0 Å². The van der Waals surface area contributed by atoms with Gasteiger partial charge in [0.15, 0.2) is 0 Å². The van der Waals surface area contributed by atoms with Crippen molar-refractivity contribution in [2.45, 2.75) is 6.92 Å². The maximum atomic E-state index is 12.2. The predicted octanol–water partition coefficient (Wildman–Crippen LogP) is 5.94. The zero-order chi connectivity index (χ0) is 21.7. The van der Waals surface area contributed by atoms with Crippen LogP contribution >= 0.6 is 34.8 Å². The highest BCUT2D eigenvalue weighted by Gasteiger charge is 2.13. The van der Waals surface area contributed by atoms with E-state index in [1.54, 1.807) is 48.5 Å². The molecule has 0 saturated carbocycles. The van der Waals surface area contributed by atoms with Gasteiger partial charge in [-0.3, -0.25) is 4.79 Å². The van der Waals surface area contributed by atoms with E-state index in [9.17, 15) is 9.59 Å². The number of esters is 1. The Morgan fingerprint density at radius 3 is 2.23 bits per heavy atom. The molecule has 3 aromatic rings. The van der Waals surface area contributed by atoms with E-state index in [-0.39, 0.29) is 10.6 Å². The normalized spacial score (nSPS) is 10.8. The van der Waals surface area contributed by atoms with Crippen LogP contribution in [0.1, 0.15) is 31.8 Å². The van der Waals surface area contributed by atoms with Crippen molar-refractivity contribution >= 4 is 52.9 Å². The molecule has 0 radical (unpaired) electrons. The number of rotatable bonds is 5. The van der Waals surface area contributed by atoms with E-state index in [1.165, 1.54) is 18.3 Å². The van der Waals surface area contributed by atoms with Crippen molar-refractivity contribution in [3.63, 3.8) is 0 Å². The van der Waals surface area contributed by atoms with E-state index in [4.69, 9.17) is 39.5 Å². The first kappa shape index (κ1) is 21.8. The number of hydrogen-bond acceptors (Lipinski definition) is 4. The highest BCUT2D eigenvalue weighted by atomic mass is 35.5. The Hall–Kier alpha value is -2.86. The standard InChI is InChI=1S/C22H15Cl3N2O3/c1-13-2-8-17(19(24)10-13)21(28)27-26-12-14-3-6-16(7-4-14)30-22(29)18-9-5-15(23)11-20(18)25/h2-12H,1H3,(H,27,28)/b26-12+. The number of ether oxygens (including phenoxy) is 1. The predicted molar refractivity (Wildman–Crippen MR) is 119 cm³/mol. The lowest BCUT2D eigenvalue weighted by Crippen LogP contribution is -2.18. The number of hydrogen-bond donors (Lipinski definition) is 1. The number of halogens is 3. The summed E-state index contributed by atoms with van der Waals surface area (Å²) in [5, 5.41) is 4.91. The molecule has 0 unspecified atom stereocenters. The van der Waals surface area contributed by atoms with Gasteiger partial charge < -0.3 is 4.74 Å². The Bertz CT molecular complexity index is 1130. The number of benzene rings is 3. The number of hydrazone groups is 1. The van der Waals surface area contributed by atoms with Gasteiger partial charge in [-0.2, -0.15) is 5.10 Å². The maximum Gasteiger partial charge on any atom is 0.345 e. The molecule has 3 aromatic carbocycles. The zero-order valence-corrected chi connectivity index (χ0v) is 17.9. The second-order valence-electron chi connectivity index (χ2n) is 6.27. The van der Waals surface area contributed by atoms with Crippen molar-refractivity contribution in [3.8, 4) is 5.75 Å². The summed E-state index contributed by atoms with van der Waals surface area (Å²) in [6, 6.07) is 16.2. The van der Waals surface area contributed by atoms with E-state index in [1.807, 2.05) is 6.92 Å². The molecule has 0 fully saturated rings. The molecule has 1 N–H and O–H groups in total. The first-order valence-electron chi connectivity index (χ1n) is 8.70. The summed E-state index contributed by atoms with van der Waals surface area (Å²) in [5.41, 5.74) is 4.62. The molecule has 30 heavy (non-hydrogen) atoms. The van der Waals surface area contributed by atoms with Crippen LogP contribution in [0, 0.1) is 6.92 Å². The molecule has 0 bridgehead atoms. The van der Waals surface area contributed by atoms with Crippen molar-refractivity contribution in [2.75, 3.05) is 0 Å². The lowest BCUT2D eigenvalue weighted by Gasteiger charge is -2.06. The summed E-state index contributed by atoms with van der Waals surface area (Å²) in [5.74, 6) is -0.680. The summed E-state index contributed by atoms with van der Waals surface area (Å²) < 4.78 is 5.30. The van der Waals surface area contributed by atoms with Crippen molar-refractivity contribution < 1.29 is 14.3 Å². The van der Waals surface area contributed by atoms with Gasteiger partial charge in [0, 0.05) is 5.02 Å². The van der Waals surface area contributed by atoms with E-state index in [0.717, 1.165) is 5.56 Å². The monoisotopic (exact) mass is 460 g/mol. The number of amides is 1. The molecule has 0 spiro atoms. The lowest BCUT2D eigenvalue weighted by molar-refractivity contribution is 0.0734. The summed E-state index contributed by atoms with van der Waals surface area (Å²) in [7, 11) is 0. The summed E-state index contributed by atoms with van der Waals surface area (Å²) in [6.45, 7) is 1.89. The Morgan fingerprint density at radius 2 is 1.57 bits per heavy atom. The Kier molecular flexibility index (Phi) is 7.11. The van der Waals surface area contributed by atoms with E-state index >= 15 is 0 Å². The van der Waals surface area contributed by atoms with Gasteiger partial charge in [0.1, 0.15) is 5.75 Å². The minimum atomic E-state index is -0.597. The molecule has 0 aliphatic rings. The van der Waals surface area contributed by atoms with Crippen LogP contribution in [0.2, 0.25) is 15.1 Å². The third-order valence-electron chi connectivity index (χ3n) is 3.99.